The minimum absolute atomic E-state index is 0.716. The minimum atomic E-state index is 0.716. The van der Waals surface area contributed by atoms with E-state index in [9.17, 15) is 0 Å². The van der Waals surface area contributed by atoms with Crippen LogP contribution in [0.5, 0.6) is 0 Å². The minimum Gasteiger partial charge on any atom is -0.144 e. The first-order chi connectivity index (χ1) is 6.81. The lowest BCUT2D eigenvalue weighted by molar-refractivity contribution is 0.667. The van der Waals surface area contributed by atoms with Gasteiger partial charge < -0.3 is 0 Å². The lowest BCUT2D eigenvalue weighted by Gasteiger charge is -2.05. The van der Waals surface area contributed by atoms with Crippen molar-refractivity contribution in [3.63, 3.8) is 0 Å². The third-order valence-corrected chi connectivity index (χ3v) is 4.51. The fourth-order valence-electron chi connectivity index (χ4n) is 1.62. The van der Waals surface area contributed by atoms with Gasteiger partial charge in [0.05, 0.1) is 0 Å². The van der Waals surface area contributed by atoms with Crippen molar-refractivity contribution in [1.82, 2.24) is 0 Å². The third-order valence-electron chi connectivity index (χ3n) is 2.39. The van der Waals surface area contributed by atoms with Gasteiger partial charge in [0.2, 0.25) is 0 Å². The summed E-state index contributed by atoms with van der Waals surface area (Å²) in [6.07, 6.45) is 1.18. The Hall–Kier alpha value is -0.340. The first kappa shape index (κ1) is 10.2. The molecule has 0 nitrogen and oxygen atoms in total. The number of hydrogen-bond donors (Lipinski definition) is 0. The number of halogens is 1. The normalized spacial score (nSPS) is 13.3. The second-order valence-electron chi connectivity index (χ2n) is 3.72. The van der Waals surface area contributed by atoms with Gasteiger partial charge in [-0.2, -0.15) is 0 Å². The maximum Gasteiger partial charge on any atom is 0.0345 e. The van der Waals surface area contributed by atoms with Crippen molar-refractivity contribution in [2.75, 3.05) is 5.33 Å². The zero-order valence-corrected chi connectivity index (χ0v) is 10.6. The Balaban J connectivity index is 2.33. The van der Waals surface area contributed by atoms with E-state index in [1.54, 1.807) is 0 Å². The van der Waals surface area contributed by atoms with E-state index in [4.69, 9.17) is 0 Å². The van der Waals surface area contributed by atoms with E-state index in [0.29, 0.717) is 5.92 Å². The Morgan fingerprint density at radius 1 is 1.36 bits per heavy atom. The molecule has 14 heavy (non-hydrogen) atoms. The smallest absolute Gasteiger partial charge is 0.0345 e. The predicted molar refractivity (Wildman–Crippen MR) is 68.5 cm³/mol. The summed E-state index contributed by atoms with van der Waals surface area (Å²) in [5, 5.41) is 4.81. The molecule has 0 aliphatic carbocycles. The van der Waals surface area contributed by atoms with Crippen LogP contribution in [-0.4, -0.2) is 5.33 Å². The highest BCUT2D eigenvalue weighted by Crippen LogP contribution is 2.27. The van der Waals surface area contributed by atoms with Crippen molar-refractivity contribution in [2.45, 2.75) is 13.3 Å². The van der Waals surface area contributed by atoms with E-state index in [-0.39, 0.29) is 0 Å². The van der Waals surface area contributed by atoms with Crippen LogP contribution in [0.25, 0.3) is 10.1 Å². The second-order valence-corrected chi connectivity index (χ2v) is 5.28. The topological polar surface area (TPSA) is 0 Å². The summed E-state index contributed by atoms with van der Waals surface area (Å²) in [6, 6.07) is 8.65. The molecule has 0 radical (unpaired) electrons. The number of alkyl halides is 1. The van der Waals surface area contributed by atoms with E-state index in [1.807, 2.05) is 11.3 Å². The first-order valence-corrected chi connectivity index (χ1v) is 6.82. The summed E-state index contributed by atoms with van der Waals surface area (Å²) in [4.78, 5) is 0. The Kier molecular flexibility index (Phi) is 3.24. The summed E-state index contributed by atoms with van der Waals surface area (Å²) in [7, 11) is 0. The molecule has 1 aromatic carbocycles. The molecule has 1 atom stereocenters. The quantitative estimate of drug-likeness (QED) is 0.721. The van der Waals surface area contributed by atoms with Gasteiger partial charge in [-0.25, -0.2) is 0 Å². The molecule has 0 saturated carbocycles. The van der Waals surface area contributed by atoms with E-state index in [0.717, 1.165) is 5.33 Å². The SMILES string of the molecule is CC(CBr)Cc1csc2ccccc12. The molecular weight excluding hydrogens is 256 g/mol. The van der Waals surface area contributed by atoms with Gasteiger partial charge in [-0.05, 0) is 34.7 Å². The van der Waals surface area contributed by atoms with Crippen LogP contribution in [0.15, 0.2) is 29.6 Å². The molecule has 0 fully saturated rings. The van der Waals surface area contributed by atoms with Crippen LogP contribution in [-0.2, 0) is 6.42 Å². The molecule has 1 aromatic heterocycles. The molecule has 0 amide bonds. The lowest BCUT2D eigenvalue weighted by atomic mass is 10.0. The maximum absolute atomic E-state index is 3.53. The zero-order chi connectivity index (χ0) is 9.97. The van der Waals surface area contributed by atoms with Gasteiger partial charge in [-0.15, -0.1) is 11.3 Å². The van der Waals surface area contributed by atoms with Crippen LogP contribution in [0.4, 0.5) is 0 Å². The Labute approximate surface area is 97.1 Å². The average molecular weight is 269 g/mol. The molecule has 0 saturated heterocycles. The number of hydrogen-bond acceptors (Lipinski definition) is 1. The second kappa shape index (κ2) is 4.45. The van der Waals surface area contributed by atoms with Gasteiger partial charge in [-0.1, -0.05) is 41.1 Å². The highest BCUT2D eigenvalue weighted by molar-refractivity contribution is 9.09. The molecule has 0 spiro atoms. The van der Waals surface area contributed by atoms with E-state index in [1.165, 1.54) is 22.1 Å². The summed E-state index contributed by atoms with van der Waals surface area (Å²) in [6.45, 7) is 2.28. The maximum atomic E-state index is 3.53. The monoisotopic (exact) mass is 268 g/mol. The molecule has 1 unspecified atom stereocenters. The van der Waals surface area contributed by atoms with Crippen molar-refractivity contribution < 1.29 is 0 Å². The van der Waals surface area contributed by atoms with Crippen LogP contribution in [0.1, 0.15) is 12.5 Å². The van der Waals surface area contributed by atoms with E-state index < -0.39 is 0 Å². The molecule has 2 aromatic rings. The van der Waals surface area contributed by atoms with Gasteiger partial charge in [-0.3, -0.25) is 0 Å². The molecule has 74 valence electrons. The van der Waals surface area contributed by atoms with Crippen molar-refractivity contribution in [1.29, 1.82) is 0 Å². The van der Waals surface area contributed by atoms with Crippen LogP contribution in [0, 0.1) is 5.92 Å². The summed E-state index contributed by atoms with van der Waals surface area (Å²) < 4.78 is 1.41. The molecule has 2 rings (SSSR count). The van der Waals surface area contributed by atoms with Crippen LogP contribution < -0.4 is 0 Å². The Morgan fingerprint density at radius 3 is 2.93 bits per heavy atom. The number of rotatable bonds is 3. The van der Waals surface area contributed by atoms with Gasteiger partial charge >= 0.3 is 0 Å². The molecule has 1 heterocycles. The number of benzene rings is 1. The fourth-order valence-corrected chi connectivity index (χ4v) is 2.83. The molecule has 0 aliphatic rings. The summed E-state index contributed by atoms with van der Waals surface area (Å²) in [5.74, 6) is 0.716. The van der Waals surface area contributed by atoms with E-state index >= 15 is 0 Å². The van der Waals surface area contributed by atoms with Gasteiger partial charge in [0.25, 0.3) is 0 Å². The summed E-state index contributed by atoms with van der Waals surface area (Å²) in [5.41, 5.74) is 1.50. The molecule has 0 aliphatic heterocycles. The number of fused-ring (bicyclic) bond motifs is 1. The van der Waals surface area contributed by atoms with Crippen molar-refractivity contribution >= 4 is 37.4 Å². The average Bonchev–Trinajstić information content (AvgIpc) is 2.62. The molecule has 0 N–H and O–H groups in total. The standard InChI is InChI=1S/C12H13BrS/c1-9(7-13)6-10-8-14-12-5-3-2-4-11(10)12/h2-5,8-9H,6-7H2,1H3. The molecule has 0 bridgehead atoms. The third kappa shape index (κ3) is 2.01. The highest BCUT2D eigenvalue weighted by atomic mass is 79.9. The first-order valence-electron chi connectivity index (χ1n) is 4.82. The van der Waals surface area contributed by atoms with Gasteiger partial charge in [0, 0.05) is 10.0 Å². The van der Waals surface area contributed by atoms with Crippen molar-refractivity contribution in [2.24, 2.45) is 5.92 Å². The Bertz CT molecular complexity index is 419. The fraction of sp³-hybridized carbons (Fsp3) is 0.333. The zero-order valence-electron chi connectivity index (χ0n) is 8.16. The Morgan fingerprint density at radius 2 is 2.14 bits per heavy atom. The molecular formula is C12H13BrS. The van der Waals surface area contributed by atoms with Crippen LogP contribution in [0.2, 0.25) is 0 Å². The van der Waals surface area contributed by atoms with Gasteiger partial charge in [0.15, 0.2) is 0 Å². The predicted octanol–water partition coefficient (Wildman–Crippen LogP) is 4.47. The lowest BCUT2D eigenvalue weighted by Crippen LogP contribution is -1.99. The number of thiophene rings is 1. The summed E-state index contributed by atoms with van der Waals surface area (Å²) >= 11 is 5.38. The molecule has 2 heteroatoms. The van der Waals surface area contributed by atoms with Crippen molar-refractivity contribution in [3.8, 4) is 0 Å². The van der Waals surface area contributed by atoms with Crippen LogP contribution >= 0.6 is 27.3 Å². The highest BCUT2D eigenvalue weighted by Gasteiger charge is 2.06. The van der Waals surface area contributed by atoms with Crippen molar-refractivity contribution in [3.05, 3.63) is 35.2 Å². The van der Waals surface area contributed by atoms with Gasteiger partial charge in [0.1, 0.15) is 0 Å². The van der Waals surface area contributed by atoms with Crippen LogP contribution in [0.3, 0.4) is 0 Å². The largest absolute Gasteiger partial charge is 0.144 e. The van der Waals surface area contributed by atoms with E-state index in [2.05, 4.69) is 52.5 Å².